The van der Waals surface area contributed by atoms with Gasteiger partial charge in [-0.15, -0.1) is 0 Å². The smallest absolute Gasteiger partial charge is 0.173 e. The molecule has 0 amide bonds. The van der Waals surface area contributed by atoms with E-state index in [1.165, 1.54) is 6.42 Å². The molecule has 0 aromatic heterocycles. The number of rotatable bonds is 3. The number of Topliss-reactive ketones (excluding diaryl/α,β-unsaturated/α-hetero) is 1. The van der Waals surface area contributed by atoms with Gasteiger partial charge in [-0.3, -0.25) is 4.79 Å². The van der Waals surface area contributed by atoms with Crippen LogP contribution in [0.5, 0.6) is 0 Å². The van der Waals surface area contributed by atoms with Crippen molar-refractivity contribution in [1.82, 2.24) is 0 Å². The first-order chi connectivity index (χ1) is 10.2. The van der Waals surface area contributed by atoms with Crippen LogP contribution in [0.2, 0.25) is 5.02 Å². The molecular formula is C19H19ClO. The highest BCUT2D eigenvalue weighted by Gasteiger charge is 2.41. The number of halogens is 1. The number of carbonyl (C=O) groups excluding carboxylic acids is 1. The molecule has 0 spiro atoms. The number of benzene rings is 2. The van der Waals surface area contributed by atoms with Crippen molar-refractivity contribution in [3.63, 3.8) is 0 Å². The van der Waals surface area contributed by atoms with Gasteiger partial charge in [-0.2, -0.15) is 0 Å². The quantitative estimate of drug-likeness (QED) is 0.691. The molecule has 0 bridgehead atoms. The van der Waals surface area contributed by atoms with Crippen LogP contribution in [-0.4, -0.2) is 5.78 Å². The molecule has 0 radical (unpaired) electrons. The Morgan fingerprint density at radius 2 is 1.62 bits per heavy atom. The maximum atomic E-state index is 13.2. The van der Waals surface area contributed by atoms with E-state index in [9.17, 15) is 4.79 Å². The zero-order valence-electron chi connectivity index (χ0n) is 12.0. The predicted octanol–water partition coefficient (Wildman–Crippen LogP) is 5.42. The van der Waals surface area contributed by atoms with E-state index < -0.39 is 0 Å². The molecule has 0 aliphatic heterocycles. The first-order valence-electron chi connectivity index (χ1n) is 7.58. The molecule has 1 aliphatic rings. The monoisotopic (exact) mass is 298 g/mol. The van der Waals surface area contributed by atoms with Crippen LogP contribution in [0.1, 0.15) is 48.0 Å². The van der Waals surface area contributed by atoms with Crippen molar-refractivity contribution in [3.8, 4) is 0 Å². The Balaban J connectivity index is 2.06. The maximum Gasteiger partial charge on any atom is 0.173 e. The lowest BCUT2D eigenvalue weighted by molar-refractivity contribution is 0.0839. The minimum atomic E-state index is -0.371. The Morgan fingerprint density at radius 1 is 0.905 bits per heavy atom. The van der Waals surface area contributed by atoms with E-state index in [1.807, 2.05) is 36.4 Å². The summed E-state index contributed by atoms with van der Waals surface area (Å²) in [6.45, 7) is 0. The molecular weight excluding hydrogens is 280 g/mol. The van der Waals surface area contributed by atoms with Gasteiger partial charge in [-0.1, -0.05) is 73.3 Å². The van der Waals surface area contributed by atoms with Crippen LogP contribution in [0.4, 0.5) is 0 Å². The first-order valence-corrected chi connectivity index (χ1v) is 7.96. The standard InChI is InChI=1S/C19H19ClO/c20-17-11-7-8-15(14-17)18(21)19(12-5-2-6-13-19)16-9-3-1-4-10-16/h1,3-4,7-11,14H,2,5-6,12-13H2. The van der Waals surface area contributed by atoms with Crippen LogP contribution in [-0.2, 0) is 5.41 Å². The van der Waals surface area contributed by atoms with E-state index in [0.29, 0.717) is 5.02 Å². The Morgan fingerprint density at radius 3 is 2.29 bits per heavy atom. The van der Waals surface area contributed by atoms with Crippen LogP contribution in [0, 0.1) is 0 Å². The summed E-state index contributed by atoms with van der Waals surface area (Å²) in [6, 6.07) is 17.6. The molecule has 0 heterocycles. The SMILES string of the molecule is O=C(c1cccc(Cl)c1)C1(c2ccccc2)CCCCC1. The summed E-state index contributed by atoms with van der Waals surface area (Å²) >= 11 is 6.07. The van der Waals surface area contributed by atoms with Crippen molar-refractivity contribution in [2.24, 2.45) is 0 Å². The van der Waals surface area contributed by atoms with Crippen molar-refractivity contribution < 1.29 is 4.79 Å². The Kier molecular flexibility index (Phi) is 4.12. The van der Waals surface area contributed by atoms with E-state index >= 15 is 0 Å². The number of hydrogen-bond acceptors (Lipinski definition) is 1. The van der Waals surface area contributed by atoms with Crippen LogP contribution >= 0.6 is 11.6 Å². The second-order valence-electron chi connectivity index (χ2n) is 5.85. The zero-order valence-corrected chi connectivity index (χ0v) is 12.8. The Labute approximate surface area is 131 Å². The van der Waals surface area contributed by atoms with Gasteiger partial charge in [0.25, 0.3) is 0 Å². The van der Waals surface area contributed by atoms with E-state index in [0.717, 1.165) is 36.8 Å². The van der Waals surface area contributed by atoms with Crippen LogP contribution in [0.15, 0.2) is 54.6 Å². The Bertz CT molecular complexity index is 627. The van der Waals surface area contributed by atoms with Crippen LogP contribution < -0.4 is 0 Å². The first kappa shape index (κ1) is 14.3. The molecule has 0 saturated heterocycles. The van der Waals surface area contributed by atoms with Gasteiger partial charge >= 0.3 is 0 Å². The fraction of sp³-hybridized carbons (Fsp3) is 0.316. The molecule has 3 rings (SSSR count). The third-order valence-electron chi connectivity index (χ3n) is 4.55. The molecule has 0 unspecified atom stereocenters. The topological polar surface area (TPSA) is 17.1 Å². The van der Waals surface area contributed by atoms with Gasteiger partial charge in [-0.05, 0) is 30.5 Å². The lowest BCUT2D eigenvalue weighted by Gasteiger charge is -2.36. The largest absolute Gasteiger partial charge is 0.293 e. The lowest BCUT2D eigenvalue weighted by Crippen LogP contribution is -2.38. The van der Waals surface area contributed by atoms with Gasteiger partial charge in [0.15, 0.2) is 5.78 Å². The summed E-state index contributed by atoms with van der Waals surface area (Å²) < 4.78 is 0. The number of carbonyl (C=O) groups is 1. The van der Waals surface area contributed by atoms with Gasteiger partial charge in [0.05, 0.1) is 5.41 Å². The Hall–Kier alpha value is -1.60. The fourth-order valence-electron chi connectivity index (χ4n) is 3.47. The summed E-state index contributed by atoms with van der Waals surface area (Å²) in [6.07, 6.45) is 5.31. The highest BCUT2D eigenvalue weighted by Crippen LogP contribution is 2.42. The summed E-state index contributed by atoms with van der Waals surface area (Å²) in [7, 11) is 0. The molecule has 0 atom stereocenters. The van der Waals surface area contributed by atoms with Crippen molar-refractivity contribution >= 4 is 17.4 Å². The molecule has 2 heteroatoms. The van der Waals surface area contributed by atoms with Gasteiger partial charge in [0.2, 0.25) is 0 Å². The highest BCUT2D eigenvalue weighted by molar-refractivity contribution is 6.31. The molecule has 2 aromatic rings. The molecule has 1 aliphatic carbocycles. The normalized spacial score (nSPS) is 17.4. The second-order valence-corrected chi connectivity index (χ2v) is 6.28. The van der Waals surface area contributed by atoms with Crippen molar-refractivity contribution in [1.29, 1.82) is 0 Å². The second kappa shape index (κ2) is 6.03. The third-order valence-corrected chi connectivity index (χ3v) is 4.79. The summed E-state index contributed by atoms with van der Waals surface area (Å²) in [5.41, 5.74) is 1.51. The molecule has 21 heavy (non-hydrogen) atoms. The summed E-state index contributed by atoms with van der Waals surface area (Å²) in [5.74, 6) is 0.218. The van der Waals surface area contributed by atoms with Crippen molar-refractivity contribution in [2.45, 2.75) is 37.5 Å². The number of hydrogen-bond donors (Lipinski definition) is 0. The summed E-state index contributed by atoms with van der Waals surface area (Å²) in [4.78, 5) is 13.2. The zero-order chi connectivity index (χ0) is 14.7. The molecule has 2 aromatic carbocycles. The van der Waals surface area contributed by atoms with Gasteiger partial charge < -0.3 is 0 Å². The lowest BCUT2D eigenvalue weighted by atomic mass is 9.65. The maximum absolute atomic E-state index is 13.2. The average molecular weight is 299 g/mol. The molecule has 0 N–H and O–H groups in total. The van der Waals surface area contributed by atoms with Gasteiger partial charge in [-0.25, -0.2) is 0 Å². The van der Waals surface area contributed by atoms with Gasteiger partial charge in [0.1, 0.15) is 0 Å². The van der Waals surface area contributed by atoms with E-state index in [4.69, 9.17) is 11.6 Å². The minimum absolute atomic E-state index is 0.218. The minimum Gasteiger partial charge on any atom is -0.293 e. The predicted molar refractivity (Wildman–Crippen MR) is 87.0 cm³/mol. The molecule has 1 fully saturated rings. The van der Waals surface area contributed by atoms with Crippen LogP contribution in [0.25, 0.3) is 0 Å². The fourth-order valence-corrected chi connectivity index (χ4v) is 3.66. The van der Waals surface area contributed by atoms with E-state index in [2.05, 4.69) is 12.1 Å². The molecule has 1 saturated carbocycles. The molecule has 108 valence electrons. The summed E-state index contributed by atoms with van der Waals surface area (Å²) in [5, 5.41) is 0.625. The van der Waals surface area contributed by atoms with E-state index in [-0.39, 0.29) is 11.2 Å². The van der Waals surface area contributed by atoms with E-state index in [1.54, 1.807) is 6.07 Å². The van der Waals surface area contributed by atoms with Crippen molar-refractivity contribution in [3.05, 3.63) is 70.7 Å². The molecule has 1 nitrogen and oxygen atoms in total. The highest BCUT2D eigenvalue weighted by atomic mass is 35.5. The number of ketones is 1. The third kappa shape index (κ3) is 2.75. The van der Waals surface area contributed by atoms with Crippen molar-refractivity contribution in [2.75, 3.05) is 0 Å². The van der Waals surface area contributed by atoms with Gasteiger partial charge in [0, 0.05) is 10.6 Å². The average Bonchev–Trinajstić information content (AvgIpc) is 2.55. The van der Waals surface area contributed by atoms with Crippen LogP contribution in [0.3, 0.4) is 0 Å².